The number of aromatic nitrogens is 2. The van der Waals surface area contributed by atoms with Gasteiger partial charge in [0.25, 0.3) is 0 Å². The minimum atomic E-state index is -0.359. The molecule has 0 saturated carbocycles. The maximum Gasteiger partial charge on any atom is 0.321 e. The zero-order chi connectivity index (χ0) is 19.2. The fraction of sp³-hybridized carbons (Fsp3) is 0.375. The van der Waals surface area contributed by atoms with Gasteiger partial charge in [-0.05, 0) is 38.5 Å². The molecular weight excluding hydrogens is 377 g/mol. The van der Waals surface area contributed by atoms with Gasteiger partial charge >= 0.3 is 6.03 Å². The van der Waals surface area contributed by atoms with Crippen LogP contribution >= 0.6 is 23.1 Å². The number of nitrogens with zero attached hydrogens (tertiary/aromatic N) is 2. The van der Waals surface area contributed by atoms with Crippen molar-refractivity contribution >= 4 is 40.2 Å². The molecule has 7 nitrogen and oxygen atoms in total. The first-order valence-electron chi connectivity index (χ1n) is 7.78. The Bertz CT molecular complexity index is 759. The van der Waals surface area contributed by atoms with E-state index in [1.165, 1.54) is 35.2 Å². The molecule has 0 atom stereocenters. The molecule has 140 valence electrons. The molecule has 26 heavy (non-hydrogen) atoms. The highest BCUT2D eigenvalue weighted by Crippen LogP contribution is 2.25. The summed E-state index contributed by atoms with van der Waals surface area (Å²) in [4.78, 5) is 23.6. The molecule has 0 aliphatic heterocycles. The molecule has 0 unspecified atom stereocenters. The van der Waals surface area contributed by atoms with Crippen LogP contribution in [0.5, 0.6) is 0 Å². The quantitative estimate of drug-likeness (QED) is 0.514. The van der Waals surface area contributed by atoms with Crippen LogP contribution in [0.15, 0.2) is 28.6 Å². The smallest absolute Gasteiger partial charge is 0.321 e. The monoisotopic (exact) mass is 397 g/mol. The summed E-state index contributed by atoms with van der Waals surface area (Å²) in [5, 5.41) is 16.3. The van der Waals surface area contributed by atoms with Crippen LogP contribution in [0, 0.1) is 5.82 Å². The lowest BCUT2D eigenvalue weighted by Crippen LogP contribution is -2.43. The molecule has 2 rings (SSSR count). The van der Waals surface area contributed by atoms with Gasteiger partial charge in [0.1, 0.15) is 5.82 Å². The van der Waals surface area contributed by atoms with Gasteiger partial charge in [0, 0.05) is 12.1 Å². The molecule has 0 fully saturated rings. The Labute approximate surface area is 159 Å². The first kappa shape index (κ1) is 20.1. The van der Waals surface area contributed by atoms with Crippen molar-refractivity contribution in [1.29, 1.82) is 0 Å². The Morgan fingerprint density at radius 1 is 1.19 bits per heavy atom. The van der Waals surface area contributed by atoms with Gasteiger partial charge in [-0.15, -0.1) is 10.2 Å². The zero-order valence-electron chi connectivity index (χ0n) is 14.6. The van der Waals surface area contributed by atoms with Crippen molar-refractivity contribution in [2.75, 3.05) is 11.1 Å². The summed E-state index contributed by atoms with van der Waals surface area (Å²) in [5.41, 5.74) is 0.464. The summed E-state index contributed by atoms with van der Waals surface area (Å²) < 4.78 is 13.4. The normalized spacial score (nSPS) is 11.1. The SMILES string of the molecule is CC(C)(C)NC(=O)Nc1nnc(SCC(=O)NCc2ccc(F)cc2)s1. The van der Waals surface area contributed by atoms with Gasteiger partial charge in [-0.25, -0.2) is 9.18 Å². The third-order valence-corrected chi connectivity index (χ3v) is 4.82. The van der Waals surface area contributed by atoms with Crippen LogP contribution in [0.1, 0.15) is 26.3 Å². The second-order valence-electron chi connectivity index (χ2n) is 6.39. The van der Waals surface area contributed by atoms with Crippen LogP contribution in [0.3, 0.4) is 0 Å². The Balaban J connectivity index is 1.74. The average Bonchev–Trinajstić information content (AvgIpc) is 2.98. The van der Waals surface area contributed by atoms with E-state index in [-0.39, 0.29) is 29.0 Å². The summed E-state index contributed by atoms with van der Waals surface area (Å²) in [5.74, 6) is -0.314. The van der Waals surface area contributed by atoms with E-state index >= 15 is 0 Å². The van der Waals surface area contributed by atoms with Crippen molar-refractivity contribution in [3.63, 3.8) is 0 Å². The van der Waals surface area contributed by atoms with E-state index in [1.807, 2.05) is 20.8 Å². The van der Waals surface area contributed by atoms with Crippen molar-refractivity contribution in [3.05, 3.63) is 35.6 Å². The molecule has 3 amide bonds. The molecule has 0 aliphatic rings. The van der Waals surface area contributed by atoms with E-state index in [9.17, 15) is 14.0 Å². The third kappa shape index (κ3) is 7.36. The molecule has 0 bridgehead atoms. The van der Waals surface area contributed by atoms with Crippen LogP contribution in [0.4, 0.5) is 14.3 Å². The minimum Gasteiger partial charge on any atom is -0.351 e. The average molecular weight is 398 g/mol. The molecule has 10 heteroatoms. The van der Waals surface area contributed by atoms with Crippen LogP contribution < -0.4 is 16.0 Å². The number of carbonyl (C=O) groups excluding carboxylic acids is 2. The number of anilines is 1. The predicted octanol–water partition coefficient (Wildman–Crippen LogP) is 3.01. The summed E-state index contributed by atoms with van der Waals surface area (Å²) in [7, 11) is 0. The van der Waals surface area contributed by atoms with Gasteiger partial charge in [0.05, 0.1) is 5.75 Å². The van der Waals surface area contributed by atoms with Gasteiger partial charge in [0.2, 0.25) is 11.0 Å². The van der Waals surface area contributed by atoms with Crippen molar-refractivity contribution in [2.45, 2.75) is 37.2 Å². The lowest BCUT2D eigenvalue weighted by Gasteiger charge is -2.19. The van der Waals surface area contributed by atoms with Gasteiger partial charge in [-0.3, -0.25) is 10.1 Å². The van der Waals surface area contributed by atoms with E-state index in [1.54, 1.807) is 12.1 Å². The summed E-state index contributed by atoms with van der Waals surface area (Å²) >= 11 is 2.42. The van der Waals surface area contributed by atoms with Crippen molar-refractivity contribution in [3.8, 4) is 0 Å². The van der Waals surface area contributed by atoms with Gasteiger partial charge in [-0.2, -0.15) is 0 Å². The number of amides is 3. The largest absolute Gasteiger partial charge is 0.351 e. The number of thioether (sulfide) groups is 1. The highest BCUT2D eigenvalue weighted by atomic mass is 32.2. The number of halogens is 1. The van der Waals surface area contributed by atoms with Crippen molar-refractivity contribution < 1.29 is 14.0 Å². The number of hydrogen-bond donors (Lipinski definition) is 3. The number of urea groups is 1. The fourth-order valence-corrected chi connectivity index (χ4v) is 3.35. The Kier molecular flexibility index (Phi) is 6.92. The van der Waals surface area contributed by atoms with Gasteiger partial charge in [-0.1, -0.05) is 35.2 Å². The van der Waals surface area contributed by atoms with Crippen LogP contribution in [-0.2, 0) is 11.3 Å². The first-order valence-corrected chi connectivity index (χ1v) is 9.58. The second-order valence-corrected chi connectivity index (χ2v) is 8.59. The summed E-state index contributed by atoms with van der Waals surface area (Å²) in [6.45, 7) is 5.95. The minimum absolute atomic E-state index is 0.171. The molecule has 0 aliphatic carbocycles. The number of hydrogen-bond acceptors (Lipinski definition) is 6. The Hall–Kier alpha value is -2.20. The molecule has 1 aromatic carbocycles. The van der Waals surface area contributed by atoms with E-state index in [4.69, 9.17) is 0 Å². The second kappa shape index (κ2) is 8.95. The third-order valence-electron chi connectivity index (χ3n) is 2.85. The molecule has 3 N–H and O–H groups in total. The van der Waals surface area contributed by atoms with E-state index < -0.39 is 0 Å². The van der Waals surface area contributed by atoms with E-state index in [0.29, 0.717) is 16.0 Å². The standard InChI is InChI=1S/C16H20FN5O2S2/c1-16(2,3)20-13(24)19-14-21-22-15(26-14)25-9-12(23)18-8-10-4-6-11(17)7-5-10/h4-7H,8-9H2,1-3H3,(H,18,23)(H2,19,20,21,24). The fourth-order valence-electron chi connectivity index (χ4n) is 1.77. The summed E-state index contributed by atoms with van der Waals surface area (Å²) in [6.07, 6.45) is 0. The highest BCUT2D eigenvalue weighted by Gasteiger charge is 2.15. The topological polar surface area (TPSA) is 96.0 Å². The van der Waals surface area contributed by atoms with Crippen molar-refractivity contribution in [1.82, 2.24) is 20.8 Å². The number of nitrogens with one attached hydrogen (secondary N) is 3. The Morgan fingerprint density at radius 3 is 2.54 bits per heavy atom. The molecule has 1 aromatic heterocycles. The maximum absolute atomic E-state index is 12.8. The maximum atomic E-state index is 12.8. The lowest BCUT2D eigenvalue weighted by molar-refractivity contribution is -0.118. The number of benzene rings is 1. The van der Waals surface area contributed by atoms with Crippen LogP contribution in [0.25, 0.3) is 0 Å². The number of rotatable bonds is 6. The predicted molar refractivity (Wildman–Crippen MR) is 101 cm³/mol. The van der Waals surface area contributed by atoms with Gasteiger partial charge in [0.15, 0.2) is 4.34 Å². The molecule has 0 spiro atoms. The van der Waals surface area contributed by atoms with Crippen LogP contribution in [0.2, 0.25) is 0 Å². The molecule has 1 heterocycles. The lowest BCUT2D eigenvalue weighted by atomic mass is 10.1. The molecule has 0 radical (unpaired) electrons. The number of carbonyl (C=O) groups is 2. The summed E-state index contributed by atoms with van der Waals surface area (Å²) in [6, 6.07) is 5.58. The molecular formula is C16H20FN5O2S2. The van der Waals surface area contributed by atoms with Crippen molar-refractivity contribution in [2.24, 2.45) is 0 Å². The molecule has 2 aromatic rings. The zero-order valence-corrected chi connectivity index (χ0v) is 16.3. The van der Waals surface area contributed by atoms with Crippen LogP contribution in [-0.4, -0.2) is 33.4 Å². The highest BCUT2D eigenvalue weighted by molar-refractivity contribution is 8.01. The molecule has 0 saturated heterocycles. The Morgan fingerprint density at radius 2 is 1.88 bits per heavy atom. The first-order chi connectivity index (χ1) is 12.2. The van der Waals surface area contributed by atoms with E-state index in [2.05, 4.69) is 26.1 Å². The van der Waals surface area contributed by atoms with E-state index in [0.717, 1.165) is 5.56 Å². The van der Waals surface area contributed by atoms with Gasteiger partial charge < -0.3 is 10.6 Å².